The summed E-state index contributed by atoms with van der Waals surface area (Å²) in [6, 6.07) is 6.95. The number of hydrogen-bond acceptors (Lipinski definition) is 4. The lowest BCUT2D eigenvalue weighted by Gasteiger charge is -2.30. The number of halogens is 1. The van der Waals surface area contributed by atoms with Gasteiger partial charge in [0.2, 0.25) is 5.91 Å². The van der Waals surface area contributed by atoms with Gasteiger partial charge in [-0.1, -0.05) is 12.1 Å². The lowest BCUT2D eigenvalue weighted by molar-refractivity contribution is -0.121. The van der Waals surface area contributed by atoms with Crippen LogP contribution in [0.25, 0.3) is 0 Å². The van der Waals surface area contributed by atoms with Crippen molar-refractivity contribution in [3.8, 4) is 0 Å². The summed E-state index contributed by atoms with van der Waals surface area (Å²) in [7, 11) is 0. The number of thiazole rings is 1. The molecule has 1 aliphatic rings. The highest BCUT2D eigenvalue weighted by atomic mass is 32.1. The number of hydrogen-bond donors (Lipinski definition) is 2. The van der Waals surface area contributed by atoms with Gasteiger partial charge < -0.3 is 10.6 Å². The third-order valence-electron chi connectivity index (χ3n) is 4.32. The van der Waals surface area contributed by atoms with Crippen molar-refractivity contribution in [3.05, 3.63) is 51.7 Å². The lowest BCUT2D eigenvalue weighted by atomic mass is 10.00. The molecule has 4 nitrogen and oxygen atoms in total. The van der Waals surface area contributed by atoms with Crippen molar-refractivity contribution in [2.75, 3.05) is 6.54 Å². The Balaban J connectivity index is 1.53. The number of rotatable bonds is 5. The quantitative estimate of drug-likeness (QED) is 0.874. The molecule has 2 heterocycles. The van der Waals surface area contributed by atoms with Crippen molar-refractivity contribution >= 4 is 17.2 Å². The second-order valence-corrected chi connectivity index (χ2v) is 7.21. The average molecular weight is 347 g/mol. The van der Waals surface area contributed by atoms with Gasteiger partial charge in [0, 0.05) is 23.9 Å². The molecule has 6 heteroatoms. The van der Waals surface area contributed by atoms with E-state index < -0.39 is 0 Å². The molecule has 2 N–H and O–H groups in total. The van der Waals surface area contributed by atoms with E-state index in [1.807, 2.05) is 5.38 Å². The number of amides is 1. The number of benzene rings is 1. The van der Waals surface area contributed by atoms with Crippen molar-refractivity contribution in [3.63, 3.8) is 0 Å². The van der Waals surface area contributed by atoms with E-state index in [0.717, 1.165) is 35.7 Å². The molecule has 2 atom stereocenters. The molecule has 3 rings (SSSR count). The molecule has 1 aliphatic heterocycles. The molecule has 0 aliphatic carbocycles. The van der Waals surface area contributed by atoms with Gasteiger partial charge in [0.05, 0.1) is 17.1 Å². The van der Waals surface area contributed by atoms with Crippen LogP contribution in [0.15, 0.2) is 29.6 Å². The van der Waals surface area contributed by atoms with Crippen molar-refractivity contribution in [1.82, 2.24) is 15.6 Å². The molecular formula is C18H22FN3OS. The number of nitrogens with zero attached hydrogens (tertiary/aromatic N) is 1. The largest absolute Gasteiger partial charge is 0.351 e. The first kappa shape index (κ1) is 17.0. The van der Waals surface area contributed by atoms with E-state index in [0.29, 0.717) is 18.9 Å². The monoisotopic (exact) mass is 347 g/mol. The van der Waals surface area contributed by atoms with Crippen LogP contribution in [0.1, 0.15) is 36.0 Å². The van der Waals surface area contributed by atoms with Gasteiger partial charge in [-0.15, -0.1) is 11.3 Å². The Kier molecular flexibility index (Phi) is 5.58. The third kappa shape index (κ3) is 4.61. The van der Waals surface area contributed by atoms with Gasteiger partial charge in [-0.2, -0.15) is 0 Å². The summed E-state index contributed by atoms with van der Waals surface area (Å²) in [5, 5.41) is 9.36. The Morgan fingerprint density at radius 3 is 2.96 bits per heavy atom. The number of nitrogens with one attached hydrogen (secondary N) is 2. The number of carbonyl (C=O) groups excluding carboxylic acids is 1. The zero-order valence-electron chi connectivity index (χ0n) is 13.7. The summed E-state index contributed by atoms with van der Waals surface area (Å²) in [4.78, 5) is 16.7. The second kappa shape index (κ2) is 7.85. The van der Waals surface area contributed by atoms with E-state index in [-0.39, 0.29) is 17.8 Å². The summed E-state index contributed by atoms with van der Waals surface area (Å²) in [5.74, 6) is -0.212. The van der Waals surface area contributed by atoms with Gasteiger partial charge in [0.25, 0.3) is 0 Å². The molecule has 0 radical (unpaired) electrons. The smallest absolute Gasteiger partial charge is 0.226 e. The summed E-state index contributed by atoms with van der Waals surface area (Å²) in [5.41, 5.74) is 1.81. The fourth-order valence-electron chi connectivity index (χ4n) is 2.95. The molecule has 0 bridgehead atoms. The first-order valence-corrected chi connectivity index (χ1v) is 9.18. The number of carbonyl (C=O) groups is 1. The zero-order chi connectivity index (χ0) is 16.9. The molecule has 0 spiro atoms. The molecule has 2 unspecified atom stereocenters. The van der Waals surface area contributed by atoms with E-state index in [1.165, 1.54) is 23.5 Å². The lowest BCUT2D eigenvalue weighted by Crippen LogP contribution is -2.52. The summed E-state index contributed by atoms with van der Waals surface area (Å²) >= 11 is 1.54. The second-order valence-electron chi connectivity index (χ2n) is 6.27. The highest BCUT2D eigenvalue weighted by Crippen LogP contribution is 2.16. The third-order valence-corrected chi connectivity index (χ3v) is 5.22. The van der Waals surface area contributed by atoms with E-state index in [4.69, 9.17) is 0 Å². The topological polar surface area (TPSA) is 54.0 Å². The molecule has 128 valence electrons. The molecule has 1 saturated heterocycles. The summed E-state index contributed by atoms with van der Waals surface area (Å²) < 4.78 is 12.9. The Morgan fingerprint density at radius 2 is 2.21 bits per heavy atom. The molecule has 1 aromatic carbocycles. The van der Waals surface area contributed by atoms with Gasteiger partial charge in [0.1, 0.15) is 5.82 Å². The number of aromatic nitrogens is 1. The van der Waals surface area contributed by atoms with E-state index >= 15 is 0 Å². The van der Waals surface area contributed by atoms with Crippen LogP contribution in [0.4, 0.5) is 4.39 Å². The number of piperidine rings is 1. The maximum absolute atomic E-state index is 12.9. The first-order chi connectivity index (χ1) is 11.6. The highest BCUT2D eigenvalue weighted by Gasteiger charge is 2.22. The molecule has 24 heavy (non-hydrogen) atoms. The van der Waals surface area contributed by atoms with Crippen LogP contribution < -0.4 is 10.6 Å². The van der Waals surface area contributed by atoms with Gasteiger partial charge >= 0.3 is 0 Å². The molecule has 2 aromatic rings. The van der Waals surface area contributed by atoms with Crippen molar-refractivity contribution in [2.24, 2.45) is 0 Å². The predicted molar refractivity (Wildman–Crippen MR) is 93.7 cm³/mol. The van der Waals surface area contributed by atoms with Crippen LogP contribution >= 0.6 is 11.3 Å². The van der Waals surface area contributed by atoms with Gasteiger partial charge in [0.15, 0.2) is 0 Å². The molecule has 1 amide bonds. The van der Waals surface area contributed by atoms with Gasteiger partial charge in [-0.3, -0.25) is 4.79 Å². The van der Waals surface area contributed by atoms with E-state index in [2.05, 4.69) is 22.5 Å². The van der Waals surface area contributed by atoms with E-state index in [1.54, 1.807) is 12.1 Å². The minimum Gasteiger partial charge on any atom is -0.351 e. The fourth-order valence-corrected chi connectivity index (χ4v) is 3.78. The maximum Gasteiger partial charge on any atom is 0.226 e. The fraction of sp³-hybridized carbons (Fsp3) is 0.444. The predicted octanol–water partition coefficient (Wildman–Crippen LogP) is 2.67. The average Bonchev–Trinajstić information content (AvgIpc) is 2.99. The normalized spacial score (nSPS) is 20.8. The van der Waals surface area contributed by atoms with Crippen LogP contribution in [-0.2, 0) is 17.6 Å². The molecule has 1 aromatic heterocycles. The molecular weight excluding hydrogens is 325 g/mol. The Morgan fingerprint density at radius 1 is 1.42 bits per heavy atom. The van der Waals surface area contributed by atoms with Crippen molar-refractivity contribution < 1.29 is 9.18 Å². The van der Waals surface area contributed by atoms with Crippen LogP contribution in [0.5, 0.6) is 0 Å². The maximum atomic E-state index is 12.9. The van der Waals surface area contributed by atoms with Crippen LogP contribution in [0.3, 0.4) is 0 Å². The van der Waals surface area contributed by atoms with Gasteiger partial charge in [-0.05, 0) is 44.0 Å². The molecule has 1 fully saturated rings. The van der Waals surface area contributed by atoms with Crippen molar-refractivity contribution in [2.45, 2.75) is 44.7 Å². The Hall–Kier alpha value is -1.79. The highest BCUT2D eigenvalue weighted by molar-refractivity contribution is 7.09. The summed E-state index contributed by atoms with van der Waals surface area (Å²) in [6.45, 7) is 3.13. The van der Waals surface area contributed by atoms with Crippen LogP contribution in [-0.4, -0.2) is 29.5 Å². The SMILES string of the molecule is CC1NCCCC1NC(=O)Cc1csc(Cc2ccc(F)cc2)n1. The standard InChI is InChI=1S/C18H22FN3OS/c1-12-16(3-2-8-20-12)22-17(23)10-15-11-24-18(21-15)9-13-4-6-14(19)7-5-13/h4-7,11-12,16,20H,2-3,8-10H2,1H3,(H,22,23). The van der Waals surface area contributed by atoms with Crippen molar-refractivity contribution in [1.29, 1.82) is 0 Å². The Bertz CT molecular complexity index is 686. The molecule has 0 saturated carbocycles. The van der Waals surface area contributed by atoms with Crippen LogP contribution in [0.2, 0.25) is 0 Å². The van der Waals surface area contributed by atoms with Crippen LogP contribution in [0, 0.1) is 5.82 Å². The Labute approximate surface area is 145 Å². The minimum absolute atomic E-state index is 0.0224. The van der Waals surface area contributed by atoms with E-state index in [9.17, 15) is 9.18 Å². The first-order valence-electron chi connectivity index (χ1n) is 8.30. The minimum atomic E-state index is -0.235. The van der Waals surface area contributed by atoms with Gasteiger partial charge in [-0.25, -0.2) is 9.37 Å². The zero-order valence-corrected chi connectivity index (χ0v) is 14.5. The summed E-state index contributed by atoms with van der Waals surface area (Å²) in [6.07, 6.45) is 3.08.